The molecule has 1 atom stereocenters. The number of ether oxygens (including phenoxy) is 4. The molecule has 11 heteroatoms. The molecule has 1 aliphatic heterocycles. The molecular formula is C18H18FN3O6S. The van der Waals surface area contributed by atoms with Crippen molar-refractivity contribution in [2.45, 2.75) is 6.04 Å². The molecule has 0 N–H and O–H groups in total. The predicted molar refractivity (Wildman–Crippen MR) is 101 cm³/mol. The summed E-state index contributed by atoms with van der Waals surface area (Å²) in [6.45, 7) is 0. The van der Waals surface area contributed by atoms with Crippen LogP contribution in [-0.2, 0) is 9.53 Å². The van der Waals surface area contributed by atoms with Crippen LogP contribution < -0.4 is 14.2 Å². The van der Waals surface area contributed by atoms with E-state index in [9.17, 15) is 14.0 Å². The topological polar surface area (TPSA) is 100 Å². The number of thioether (sulfide) groups is 1. The summed E-state index contributed by atoms with van der Waals surface area (Å²) in [5, 5.41) is 0. The Labute approximate surface area is 170 Å². The van der Waals surface area contributed by atoms with Crippen LogP contribution in [0.3, 0.4) is 0 Å². The van der Waals surface area contributed by atoms with Gasteiger partial charge in [0.05, 0.1) is 33.3 Å². The molecule has 0 bridgehead atoms. The molecule has 0 spiro atoms. The number of aromatic nitrogens is 2. The minimum Gasteiger partial charge on any atom is -0.481 e. The van der Waals surface area contributed by atoms with Crippen LogP contribution in [0.1, 0.15) is 10.4 Å². The lowest BCUT2D eigenvalue weighted by Crippen LogP contribution is -2.42. The summed E-state index contributed by atoms with van der Waals surface area (Å²) in [5.41, 5.74) is -0.339. The van der Waals surface area contributed by atoms with Gasteiger partial charge in [-0.05, 0) is 12.1 Å². The van der Waals surface area contributed by atoms with Gasteiger partial charge in [0.25, 0.3) is 5.91 Å². The lowest BCUT2D eigenvalue weighted by atomic mass is 10.1. The smallest absolute Gasteiger partial charge is 0.329 e. The molecule has 0 unspecified atom stereocenters. The fraction of sp³-hybridized carbons (Fsp3) is 0.333. The molecule has 1 fully saturated rings. The number of rotatable bonds is 6. The first-order valence-electron chi connectivity index (χ1n) is 8.38. The van der Waals surface area contributed by atoms with Crippen molar-refractivity contribution in [2.24, 2.45) is 0 Å². The minimum absolute atomic E-state index is 0.106. The van der Waals surface area contributed by atoms with Gasteiger partial charge < -0.3 is 23.8 Å². The highest BCUT2D eigenvalue weighted by atomic mass is 32.2. The molecule has 9 nitrogen and oxygen atoms in total. The van der Waals surface area contributed by atoms with Gasteiger partial charge in [-0.3, -0.25) is 4.79 Å². The highest BCUT2D eigenvalue weighted by Gasteiger charge is 2.38. The average molecular weight is 423 g/mol. The zero-order valence-corrected chi connectivity index (χ0v) is 16.7. The Morgan fingerprint density at radius 2 is 1.86 bits per heavy atom. The minimum atomic E-state index is -0.807. The van der Waals surface area contributed by atoms with Crippen molar-refractivity contribution < 1.29 is 32.9 Å². The number of hydrogen-bond donors (Lipinski definition) is 0. The number of nitrogens with zero attached hydrogens (tertiary/aromatic N) is 3. The second kappa shape index (κ2) is 8.95. The summed E-state index contributed by atoms with van der Waals surface area (Å²) in [6, 6.07) is 4.35. The summed E-state index contributed by atoms with van der Waals surface area (Å²) in [7, 11) is 4.04. The van der Waals surface area contributed by atoms with E-state index in [1.807, 2.05) is 0 Å². The lowest BCUT2D eigenvalue weighted by molar-refractivity contribution is -0.144. The number of benzene rings is 1. The van der Waals surface area contributed by atoms with Gasteiger partial charge in [-0.1, -0.05) is 6.07 Å². The number of carbonyl (C=O) groups is 2. The SMILES string of the molecule is COC(=O)[C@H]1CSCN1C(=O)c1c(F)cccc1Oc1nc(OC)cc(OC)n1. The summed E-state index contributed by atoms with van der Waals surface area (Å²) < 4.78 is 35.1. The molecule has 3 rings (SSSR count). The molecule has 0 radical (unpaired) electrons. The third-order valence-electron chi connectivity index (χ3n) is 4.08. The second-order valence-electron chi connectivity index (χ2n) is 5.76. The lowest BCUT2D eigenvalue weighted by Gasteiger charge is -2.23. The Balaban J connectivity index is 1.96. The molecule has 0 aliphatic carbocycles. The van der Waals surface area contributed by atoms with Crippen LogP contribution in [0.4, 0.5) is 4.39 Å². The molecule has 0 saturated carbocycles. The van der Waals surface area contributed by atoms with E-state index < -0.39 is 23.7 Å². The van der Waals surface area contributed by atoms with Crippen LogP contribution in [-0.4, -0.2) is 65.7 Å². The monoisotopic (exact) mass is 423 g/mol. The van der Waals surface area contributed by atoms with Crippen molar-refractivity contribution in [1.82, 2.24) is 14.9 Å². The van der Waals surface area contributed by atoms with Gasteiger partial charge in [0.1, 0.15) is 23.2 Å². The molecule has 2 heterocycles. The molecule has 154 valence electrons. The van der Waals surface area contributed by atoms with E-state index in [4.69, 9.17) is 18.9 Å². The molecule has 1 aromatic heterocycles. The Hall–Kier alpha value is -3.08. The van der Waals surface area contributed by atoms with Crippen LogP contribution in [0.15, 0.2) is 24.3 Å². The third kappa shape index (κ3) is 4.34. The largest absolute Gasteiger partial charge is 0.481 e. The Kier molecular flexibility index (Phi) is 6.37. The first-order valence-corrected chi connectivity index (χ1v) is 9.54. The average Bonchev–Trinajstić information content (AvgIpc) is 3.22. The summed E-state index contributed by atoms with van der Waals surface area (Å²) in [4.78, 5) is 34.3. The van der Waals surface area contributed by atoms with Gasteiger partial charge in [0.2, 0.25) is 11.8 Å². The fourth-order valence-electron chi connectivity index (χ4n) is 2.65. The van der Waals surface area contributed by atoms with Gasteiger partial charge in [-0.2, -0.15) is 9.97 Å². The van der Waals surface area contributed by atoms with Crippen LogP contribution in [0, 0.1) is 5.82 Å². The standard InChI is InChI=1S/C18H18FN3O6S/c1-25-13-7-14(26-2)21-18(20-13)28-12-6-4-5-10(19)15(12)16(23)22-9-29-8-11(22)17(24)27-3/h4-7,11H,8-9H2,1-3H3/t11-/m1/s1. The third-order valence-corrected chi connectivity index (χ3v) is 5.10. The maximum Gasteiger partial charge on any atom is 0.329 e. The number of esters is 1. The van der Waals surface area contributed by atoms with Gasteiger partial charge in [0.15, 0.2) is 0 Å². The van der Waals surface area contributed by atoms with Gasteiger partial charge >= 0.3 is 12.0 Å². The summed E-state index contributed by atoms with van der Waals surface area (Å²) >= 11 is 1.37. The van der Waals surface area contributed by atoms with Gasteiger partial charge in [-0.25, -0.2) is 9.18 Å². The number of methoxy groups -OCH3 is 3. The van der Waals surface area contributed by atoms with Gasteiger partial charge in [-0.15, -0.1) is 11.8 Å². The van der Waals surface area contributed by atoms with Crippen LogP contribution in [0.5, 0.6) is 23.5 Å². The molecule has 1 saturated heterocycles. The van der Waals surface area contributed by atoms with Crippen LogP contribution in [0.25, 0.3) is 0 Å². The molecule has 1 aliphatic rings. The van der Waals surface area contributed by atoms with E-state index in [1.54, 1.807) is 0 Å². The Morgan fingerprint density at radius 1 is 1.17 bits per heavy atom. The molecule has 29 heavy (non-hydrogen) atoms. The van der Waals surface area contributed by atoms with Crippen molar-refractivity contribution in [3.63, 3.8) is 0 Å². The van der Waals surface area contributed by atoms with Crippen molar-refractivity contribution in [3.05, 3.63) is 35.6 Å². The van der Waals surface area contributed by atoms with Crippen molar-refractivity contribution in [2.75, 3.05) is 33.0 Å². The maximum atomic E-state index is 14.6. The van der Waals surface area contributed by atoms with Crippen molar-refractivity contribution >= 4 is 23.6 Å². The van der Waals surface area contributed by atoms with Crippen molar-refractivity contribution in [1.29, 1.82) is 0 Å². The molecule has 1 aromatic carbocycles. The van der Waals surface area contributed by atoms with E-state index in [-0.39, 0.29) is 35.0 Å². The first-order chi connectivity index (χ1) is 14.0. The van der Waals surface area contributed by atoms with E-state index in [0.717, 1.165) is 6.07 Å². The molecule has 2 aromatic rings. The van der Waals surface area contributed by atoms with Crippen LogP contribution >= 0.6 is 11.8 Å². The van der Waals surface area contributed by atoms with Gasteiger partial charge in [0, 0.05) is 5.75 Å². The second-order valence-corrected chi connectivity index (χ2v) is 6.76. The highest BCUT2D eigenvalue weighted by molar-refractivity contribution is 7.99. The fourth-order valence-corrected chi connectivity index (χ4v) is 3.79. The summed E-state index contributed by atoms with van der Waals surface area (Å²) in [5.74, 6) is -1.27. The van der Waals surface area contributed by atoms with E-state index >= 15 is 0 Å². The first kappa shape index (κ1) is 20.6. The maximum absolute atomic E-state index is 14.6. The van der Waals surface area contributed by atoms with E-state index in [1.165, 1.54) is 56.2 Å². The number of halogens is 1. The van der Waals surface area contributed by atoms with E-state index in [2.05, 4.69) is 9.97 Å². The zero-order chi connectivity index (χ0) is 21.0. The Bertz CT molecular complexity index is 906. The van der Waals surface area contributed by atoms with Crippen LogP contribution in [0.2, 0.25) is 0 Å². The highest BCUT2D eigenvalue weighted by Crippen LogP contribution is 2.32. The van der Waals surface area contributed by atoms with E-state index in [0.29, 0.717) is 5.75 Å². The quantitative estimate of drug-likeness (QED) is 0.647. The molecular weight excluding hydrogens is 405 g/mol. The number of carbonyl (C=O) groups excluding carboxylic acids is 2. The van der Waals surface area contributed by atoms with Crippen molar-refractivity contribution in [3.8, 4) is 23.5 Å². The Morgan fingerprint density at radius 3 is 2.48 bits per heavy atom. The normalized spacial score (nSPS) is 15.7. The molecule has 1 amide bonds. The predicted octanol–water partition coefficient (Wildman–Crippen LogP) is 2.11. The number of hydrogen-bond acceptors (Lipinski definition) is 9. The summed E-state index contributed by atoms with van der Waals surface area (Å²) in [6.07, 6.45) is 0. The number of amides is 1. The zero-order valence-electron chi connectivity index (χ0n) is 15.9.